The lowest BCUT2D eigenvalue weighted by Gasteiger charge is -2.25. The second kappa shape index (κ2) is 6.61. The largest absolute Gasteiger partial charge is 0.379 e. The summed E-state index contributed by atoms with van der Waals surface area (Å²) in [4.78, 5) is 13.9. The van der Waals surface area contributed by atoms with Crippen LogP contribution in [0.2, 0.25) is 0 Å². The van der Waals surface area contributed by atoms with Crippen LogP contribution >= 0.6 is 11.8 Å². The minimum absolute atomic E-state index is 0.254. The summed E-state index contributed by atoms with van der Waals surface area (Å²) in [7, 11) is 1.91. The lowest BCUT2D eigenvalue weighted by molar-refractivity contribution is -0.129. The predicted octanol–water partition coefficient (Wildman–Crippen LogP) is 0.719. The maximum atomic E-state index is 12.0. The van der Waals surface area contributed by atoms with Gasteiger partial charge < -0.3 is 15.0 Å². The van der Waals surface area contributed by atoms with E-state index in [-0.39, 0.29) is 5.91 Å². The van der Waals surface area contributed by atoms with E-state index in [2.05, 4.69) is 5.32 Å². The van der Waals surface area contributed by atoms with Gasteiger partial charge in [0.05, 0.1) is 18.4 Å². The smallest absolute Gasteiger partial charge is 0.232 e. The van der Waals surface area contributed by atoms with Crippen LogP contribution < -0.4 is 5.32 Å². The van der Waals surface area contributed by atoms with Crippen molar-refractivity contribution in [1.29, 1.82) is 0 Å². The van der Waals surface area contributed by atoms with Crippen LogP contribution in [0.15, 0.2) is 0 Å². The van der Waals surface area contributed by atoms with Crippen molar-refractivity contribution in [3.63, 3.8) is 0 Å². The normalized spacial score (nSPS) is 26.1. The van der Waals surface area contributed by atoms with E-state index in [9.17, 15) is 4.79 Å². The Hall–Kier alpha value is -0.260. The van der Waals surface area contributed by atoms with Crippen LogP contribution in [0, 0.1) is 0 Å². The van der Waals surface area contributed by atoms with Crippen LogP contribution in [0.3, 0.4) is 0 Å². The average Bonchev–Trinajstić information content (AvgIpc) is 2.90. The first-order valence-electron chi connectivity index (χ1n) is 6.43. The van der Waals surface area contributed by atoms with Crippen molar-refractivity contribution < 1.29 is 9.53 Å². The molecule has 0 aromatic heterocycles. The van der Waals surface area contributed by atoms with Gasteiger partial charge >= 0.3 is 0 Å². The number of rotatable bonds is 4. The highest BCUT2D eigenvalue weighted by atomic mass is 32.2. The summed E-state index contributed by atoms with van der Waals surface area (Å²) < 4.78 is 5.31. The number of thioether (sulfide) groups is 1. The molecule has 17 heavy (non-hydrogen) atoms. The molecule has 2 heterocycles. The number of carbonyl (C=O) groups excluding carboxylic acids is 1. The summed E-state index contributed by atoms with van der Waals surface area (Å²) in [6, 6.07) is 0.302. The van der Waals surface area contributed by atoms with E-state index in [0.29, 0.717) is 23.7 Å². The molecule has 2 rings (SSSR count). The maximum Gasteiger partial charge on any atom is 0.232 e. The highest BCUT2D eigenvalue weighted by Gasteiger charge is 2.24. The Kier molecular flexibility index (Phi) is 5.13. The second-order valence-corrected chi connectivity index (χ2v) is 6.07. The summed E-state index contributed by atoms with van der Waals surface area (Å²) in [6.45, 7) is 3.69. The Morgan fingerprint density at radius 2 is 2.18 bits per heavy atom. The first-order valence-corrected chi connectivity index (χ1v) is 7.48. The summed E-state index contributed by atoms with van der Waals surface area (Å²) >= 11 is 1.82. The quantitative estimate of drug-likeness (QED) is 0.807. The lowest BCUT2D eigenvalue weighted by atomic mass is 10.2. The predicted molar refractivity (Wildman–Crippen MR) is 70.3 cm³/mol. The molecule has 5 heteroatoms. The van der Waals surface area contributed by atoms with E-state index in [1.165, 1.54) is 12.8 Å². The van der Waals surface area contributed by atoms with Gasteiger partial charge in [-0.25, -0.2) is 0 Å². The first kappa shape index (κ1) is 13.2. The first-order chi connectivity index (χ1) is 8.27. The zero-order chi connectivity index (χ0) is 12.1. The monoisotopic (exact) mass is 258 g/mol. The van der Waals surface area contributed by atoms with E-state index in [4.69, 9.17) is 4.74 Å². The van der Waals surface area contributed by atoms with Gasteiger partial charge in [-0.15, -0.1) is 11.8 Å². The van der Waals surface area contributed by atoms with Gasteiger partial charge in [-0.3, -0.25) is 4.79 Å². The Labute approximate surface area is 107 Å². The topological polar surface area (TPSA) is 41.6 Å². The van der Waals surface area contributed by atoms with Crippen LogP contribution in [0.1, 0.15) is 19.3 Å². The molecule has 4 nitrogen and oxygen atoms in total. The second-order valence-electron chi connectivity index (χ2n) is 4.78. The van der Waals surface area contributed by atoms with Crippen molar-refractivity contribution in [2.45, 2.75) is 30.6 Å². The molecule has 0 saturated carbocycles. The fraction of sp³-hybridized carbons (Fsp3) is 0.917. The highest BCUT2D eigenvalue weighted by Crippen LogP contribution is 2.21. The maximum absolute atomic E-state index is 12.0. The van der Waals surface area contributed by atoms with E-state index in [0.717, 1.165) is 26.1 Å². The van der Waals surface area contributed by atoms with E-state index >= 15 is 0 Å². The minimum atomic E-state index is 0.254. The van der Waals surface area contributed by atoms with Crippen molar-refractivity contribution >= 4 is 17.7 Å². The molecule has 0 aromatic rings. The van der Waals surface area contributed by atoms with Crippen LogP contribution in [-0.2, 0) is 9.53 Å². The molecule has 2 aliphatic heterocycles. The summed E-state index contributed by atoms with van der Waals surface area (Å²) in [5, 5.41) is 4.01. The molecular weight excluding hydrogens is 236 g/mol. The molecule has 98 valence electrons. The number of hydrogen-bond donors (Lipinski definition) is 1. The molecular formula is C12H22N2O2S. The summed E-state index contributed by atoms with van der Waals surface area (Å²) in [5.41, 5.74) is 0. The van der Waals surface area contributed by atoms with Gasteiger partial charge in [-0.2, -0.15) is 0 Å². The Morgan fingerprint density at radius 1 is 1.41 bits per heavy atom. The molecule has 0 spiro atoms. The van der Waals surface area contributed by atoms with Crippen LogP contribution in [0.5, 0.6) is 0 Å². The average molecular weight is 258 g/mol. The zero-order valence-electron chi connectivity index (χ0n) is 10.5. The molecule has 1 amide bonds. The molecule has 1 N–H and O–H groups in total. The lowest BCUT2D eigenvalue weighted by Crippen LogP contribution is -2.39. The third kappa shape index (κ3) is 3.86. The standard InChI is InChI=1S/C12H22N2O2S/c1-14(10-4-7-16-8-10)12(15)9-17-11-2-5-13-6-3-11/h10-11,13H,2-9H2,1H3. The van der Waals surface area contributed by atoms with E-state index in [1.54, 1.807) is 0 Å². The summed E-state index contributed by atoms with van der Waals surface area (Å²) in [6.07, 6.45) is 3.36. The molecule has 0 aromatic carbocycles. The highest BCUT2D eigenvalue weighted by molar-refractivity contribution is 8.00. The van der Waals surface area contributed by atoms with Crippen molar-refractivity contribution in [2.24, 2.45) is 0 Å². The molecule has 0 aliphatic carbocycles. The van der Waals surface area contributed by atoms with E-state index in [1.807, 2.05) is 23.7 Å². The van der Waals surface area contributed by atoms with Crippen molar-refractivity contribution in [3.05, 3.63) is 0 Å². The third-order valence-electron chi connectivity index (χ3n) is 3.58. The van der Waals surface area contributed by atoms with Gasteiger partial charge in [0.2, 0.25) is 5.91 Å². The van der Waals surface area contributed by atoms with E-state index < -0.39 is 0 Å². The van der Waals surface area contributed by atoms with Gasteiger partial charge in [-0.05, 0) is 32.4 Å². The van der Waals surface area contributed by atoms with Gasteiger partial charge in [-0.1, -0.05) is 0 Å². The fourth-order valence-corrected chi connectivity index (χ4v) is 3.44. The Morgan fingerprint density at radius 3 is 2.82 bits per heavy atom. The van der Waals surface area contributed by atoms with Crippen LogP contribution in [0.4, 0.5) is 0 Å². The number of piperidine rings is 1. The van der Waals surface area contributed by atoms with Crippen molar-refractivity contribution in [1.82, 2.24) is 10.2 Å². The zero-order valence-corrected chi connectivity index (χ0v) is 11.3. The number of nitrogens with zero attached hydrogens (tertiary/aromatic N) is 1. The number of ether oxygens (including phenoxy) is 1. The number of carbonyl (C=O) groups is 1. The van der Waals surface area contributed by atoms with Gasteiger partial charge in [0, 0.05) is 18.9 Å². The molecule has 0 bridgehead atoms. The SMILES string of the molecule is CN(C(=O)CSC1CCNCC1)C1CCOC1. The van der Waals surface area contributed by atoms with Crippen LogP contribution in [0.25, 0.3) is 0 Å². The van der Waals surface area contributed by atoms with Crippen molar-refractivity contribution in [3.8, 4) is 0 Å². The molecule has 2 fully saturated rings. The number of nitrogens with one attached hydrogen (secondary N) is 1. The minimum Gasteiger partial charge on any atom is -0.379 e. The number of amides is 1. The number of likely N-dealkylation sites (N-methyl/N-ethyl adjacent to an activating group) is 1. The van der Waals surface area contributed by atoms with Crippen LogP contribution in [-0.4, -0.2) is 61.2 Å². The van der Waals surface area contributed by atoms with Gasteiger partial charge in [0.15, 0.2) is 0 Å². The third-order valence-corrected chi connectivity index (χ3v) is 4.93. The van der Waals surface area contributed by atoms with Crippen molar-refractivity contribution in [2.75, 3.05) is 39.1 Å². The molecule has 1 atom stereocenters. The molecule has 1 unspecified atom stereocenters. The van der Waals surface area contributed by atoms with Gasteiger partial charge in [0.25, 0.3) is 0 Å². The molecule has 2 saturated heterocycles. The molecule has 0 radical (unpaired) electrons. The number of hydrogen-bond acceptors (Lipinski definition) is 4. The Balaban J connectivity index is 1.68. The molecule has 2 aliphatic rings. The Bertz CT molecular complexity index is 251. The summed E-state index contributed by atoms with van der Waals surface area (Å²) in [5.74, 6) is 0.876. The van der Waals surface area contributed by atoms with Gasteiger partial charge in [0.1, 0.15) is 0 Å². The fourth-order valence-electron chi connectivity index (χ4n) is 2.28.